The summed E-state index contributed by atoms with van der Waals surface area (Å²) in [6.07, 6.45) is 1.47. The molecule has 2 heterocycles. The summed E-state index contributed by atoms with van der Waals surface area (Å²) in [6, 6.07) is 16.8. The summed E-state index contributed by atoms with van der Waals surface area (Å²) >= 11 is 0. The number of β-amino-alcohol motifs (C(OH)–C–C–N with tert-alkyl or cyclic N) is 1. The van der Waals surface area contributed by atoms with Crippen molar-refractivity contribution in [3.05, 3.63) is 60.3 Å². The number of aromatic carboxylic acids is 1. The van der Waals surface area contributed by atoms with Crippen molar-refractivity contribution in [2.75, 3.05) is 32.8 Å². The highest BCUT2D eigenvalue weighted by molar-refractivity contribution is 5.96. The second-order valence-corrected chi connectivity index (χ2v) is 8.04. The predicted molar refractivity (Wildman–Crippen MR) is 118 cm³/mol. The lowest BCUT2D eigenvalue weighted by Crippen LogP contribution is -2.41. The molecule has 0 spiro atoms. The number of likely N-dealkylation sites (tertiary alicyclic amines) is 1. The number of carbonyl (C=O) groups is 1. The lowest BCUT2D eigenvalue weighted by atomic mass is 9.97. The number of carboxylic acids is 1. The Labute approximate surface area is 181 Å². The molecule has 1 aromatic heterocycles. The molecule has 0 aliphatic carbocycles. The highest BCUT2D eigenvalue weighted by Crippen LogP contribution is 2.27. The van der Waals surface area contributed by atoms with Crippen LogP contribution in [0.25, 0.3) is 10.9 Å². The van der Waals surface area contributed by atoms with E-state index < -0.39 is 12.1 Å². The average molecular weight is 424 g/mol. The summed E-state index contributed by atoms with van der Waals surface area (Å²) in [5, 5.41) is 20.3. The SMILES string of the molecule is O=C(O)c1cc2c(OCC(O)CN3CCC(COc4ccccc4)CC3)cccc2[nH]1. The van der Waals surface area contributed by atoms with Crippen LogP contribution in [0.4, 0.5) is 0 Å². The standard InChI is InChI=1S/C24H28N2O5/c27-18(16-31-23-8-4-7-21-20(23)13-22(25-21)24(28)29)14-26-11-9-17(10-12-26)15-30-19-5-2-1-3-6-19/h1-8,13,17-18,25,27H,9-12,14-16H2,(H,28,29). The molecule has 3 N–H and O–H groups in total. The Hall–Kier alpha value is -3.03. The van der Waals surface area contributed by atoms with Crippen LogP contribution in [-0.2, 0) is 0 Å². The molecular weight excluding hydrogens is 396 g/mol. The number of aromatic amines is 1. The van der Waals surface area contributed by atoms with E-state index in [0.29, 0.717) is 29.1 Å². The minimum atomic E-state index is -1.01. The summed E-state index contributed by atoms with van der Waals surface area (Å²) < 4.78 is 11.7. The molecular formula is C24H28N2O5. The Bertz CT molecular complexity index is 996. The minimum Gasteiger partial charge on any atom is -0.493 e. The maximum absolute atomic E-state index is 11.2. The number of aliphatic hydroxyl groups is 1. The molecule has 2 aromatic carbocycles. The zero-order valence-corrected chi connectivity index (χ0v) is 17.4. The number of hydrogen-bond donors (Lipinski definition) is 3. The Morgan fingerprint density at radius 2 is 1.87 bits per heavy atom. The van der Waals surface area contributed by atoms with Crippen molar-refractivity contribution in [2.45, 2.75) is 18.9 Å². The number of benzene rings is 2. The molecule has 0 saturated carbocycles. The van der Waals surface area contributed by atoms with Gasteiger partial charge in [0.2, 0.25) is 0 Å². The fourth-order valence-corrected chi connectivity index (χ4v) is 3.97. The summed E-state index contributed by atoms with van der Waals surface area (Å²) in [6.45, 7) is 3.28. The van der Waals surface area contributed by atoms with Gasteiger partial charge in [-0.1, -0.05) is 24.3 Å². The van der Waals surface area contributed by atoms with Crippen LogP contribution in [0.3, 0.4) is 0 Å². The molecule has 0 radical (unpaired) electrons. The van der Waals surface area contributed by atoms with Gasteiger partial charge < -0.3 is 29.6 Å². The number of aromatic nitrogens is 1. The smallest absolute Gasteiger partial charge is 0.352 e. The lowest BCUT2D eigenvalue weighted by molar-refractivity contribution is 0.0507. The summed E-state index contributed by atoms with van der Waals surface area (Å²) in [5.74, 6) is 0.988. The first-order chi connectivity index (χ1) is 15.1. The number of nitrogens with zero attached hydrogens (tertiary/aromatic N) is 1. The Morgan fingerprint density at radius 1 is 1.10 bits per heavy atom. The molecule has 31 heavy (non-hydrogen) atoms. The third-order valence-corrected chi connectivity index (χ3v) is 5.69. The number of piperidine rings is 1. The topological polar surface area (TPSA) is 95.0 Å². The number of aliphatic hydroxyl groups excluding tert-OH is 1. The van der Waals surface area contributed by atoms with Gasteiger partial charge >= 0.3 is 5.97 Å². The van der Waals surface area contributed by atoms with Gasteiger partial charge in [-0.3, -0.25) is 0 Å². The first-order valence-electron chi connectivity index (χ1n) is 10.6. The van der Waals surface area contributed by atoms with E-state index in [0.717, 1.165) is 38.3 Å². The molecule has 164 valence electrons. The molecule has 1 unspecified atom stereocenters. The molecule has 1 fully saturated rings. The second-order valence-electron chi connectivity index (χ2n) is 8.04. The van der Waals surface area contributed by atoms with E-state index in [1.165, 1.54) is 0 Å². The minimum absolute atomic E-state index is 0.116. The molecule has 1 atom stereocenters. The molecule has 0 bridgehead atoms. The number of para-hydroxylation sites is 1. The Balaban J connectivity index is 1.22. The van der Waals surface area contributed by atoms with Crippen LogP contribution in [0.5, 0.6) is 11.5 Å². The molecule has 1 saturated heterocycles. The second kappa shape index (κ2) is 9.85. The molecule has 0 amide bonds. The van der Waals surface area contributed by atoms with Gasteiger partial charge in [0.05, 0.1) is 6.61 Å². The van der Waals surface area contributed by atoms with E-state index in [-0.39, 0.29) is 12.3 Å². The van der Waals surface area contributed by atoms with Gasteiger partial charge in [-0.25, -0.2) is 4.79 Å². The Morgan fingerprint density at radius 3 is 2.61 bits per heavy atom. The zero-order valence-electron chi connectivity index (χ0n) is 17.4. The number of carboxylic acid groups (broad SMARTS) is 1. The van der Waals surface area contributed by atoms with Crippen LogP contribution in [-0.4, -0.2) is 65.0 Å². The van der Waals surface area contributed by atoms with Gasteiger partial charge in [0, 0.05) is 17.4 Å². The molecule has 7 heteroatoms. The van der Waals surface area contributed by atoms with Gasteiger partial charge in [0.25, 0.3) is 0 Å². The first kappa shape index (κ1) is 21.2. The fourth-order valence-electron chi connectivity index (χ4n) is 3.97. The van der Waals surface area contributed by atoms with Gasteiger partial charge in [-0.2, -0.15) is 0 Å². The van der Waals surface area contributed by atoms with Crippen molar-refractivity contribution in [2.24, 2.45) is 5.92 Å². The third kappa shape index (κ3) is 5.57. The van der Waals surface area contributed by atoms with E-state index in [9.17, 15) is 9.90 Å². The van der Waals surface area contributed by atoms with Crippen LogP contribution >= 0.6 is 0 Å². The lowest BCUT2D eigenvalue weighted by Gasteiger charge is -2.33. The molecule has 4 rings (SSSR count). The average Bonchev–Trinajstić information content (AvgIpc) is 3.23. The van der Waals surface area contributed by atoms with E-state index in [1.807, 2.05) is 30.3 Å². The van der Waals surface area contributed by atoms with Crippen LogP contribution in [0, 0.1) is 5.92 Å². The molecule has 1 aliphatic heterocycles. The molecule has 3 aromatic rings. The Kier molecular flexibility index (Phi) is 6.74. The van der Waals surface area contributed by atoms with Gasteiger partial charge in [-0.05, 0) is 62.2 Å². The summed E-state index contributed by atoms with van der Waals surface area (Å²) in [5.41, 5.74) is 0.815. The number of H-pyrrole nitrogens is 1. The number of ether oxygens (including phenoxy) is 2. The third-order valence-electron chi connectivity index (χ3n) is 5.69. The first-order valence-corrected chi connectivity index (χ1v) is 10.6. The fraction of sp³-hybridized carbons (Fsp3) is 0.375. The van der Waals surface area contributed by atoms with Crippen molar-refractivity contribution in [3.63, 3.8) is 0 Å². The maximum atomic E-state index is 11.2. The number of hydrogen-bond acceptors (Lipinski definition) is 5. The van der Waals surface area contributed by atoms with Crippen LogP contribution in [0.15, 0.2) is 54.6 Å². The van der Waals surface area contributed by atoms with Gasteiger partial charge in [0.1, 0.15) is 29.9 Å². The molecule has 1 aliphatic rings. The zero-order chi connectivity index (χ0) is 21.6. The van der Waals surface area contributed by atoms with Crippen molar-refractivity contribution < 1.29 is 24.5 Å². The van der Waals surface area contributed by atoms with Crippen LogP contribution < -0.4 is 9.47 Å². The highest BCUT2D eigenvalue weighted by Gasteiger charge is 2.22. The largest absolute Gasteiger partial charge is 0.493 e. The number of rotatable bonds is 9. The monoisotopic (exact) mass is 424 g/mol. The molecule has 7 nitrogen and oxygen atoms in total. The number of fused-ring (bicyclic) bond motifs is 1. The predicted octanol–water partition coefficient (Wildman–Crippen LogP) is 3.40. The van der Waals surface area contributed by atoms with Crippen molar-refractivity contribution >= 4 is 16.9 Å². The number of nitrogens with one attached hydrogen (secondary N) is 1. The van der Waals surface area contributed by atoms with Crippen molar-refractivity contribution in [1.82, 2.24) is 9.88 Å². The quantitative estimate of drug-likeness (QED) is 0.487. The summed E-state index contributed by atoms with van der Waals surface area (Å²) in [4.78, 5) is 16.3. The van der Waals surface area contributed by atoms with E-state index >= 15 is 0 Å². The van der Waals surface area contributed by atoms with Crippen molar-refractivity contribution in [3.8, 4) is 11.5 Å². The highest BCUT2D eigenvalue weighted by atomic mass is 16.5. The van der Waals surface area contributed by atoms with E-state index in [4.69, 9.17) is 14.6 Å². The van der Waals surface area contributed by atoms with Gasteiger partial charge in [0.15, 0.2) is 0 Å². The van der Waals surface area contributed by atoms with E-state index in [1.54, 1.807) is 24.3 Å². The van der Waals surface area contributed by atoms with Gasteiger partial charge in [-0.15, -0.1) is 0 Å². The van der Waals surface area contributed by atoms with E-state index in [2.05, 4.69) is 9.88 Å². The normalized spacial score (nSPS) is 16.3. The van der Waals surface area contributed by atoms with Crippen molar-refractivity contribution in [1.29, 1.82) is 0 Å². The van der Waals surface area contributed by atoms with Crippen LogP contribution in [0.1, 0.15) is 23.3 Å². The van der Waals surface area contributed by atoms with Crippen LogP contribution in [0.2, 0.25) is 0 Å². The maximum Gasteiger partial charge on any atom is 0.352 e. The summed E-state index contributed by atoms with van der Waals surface area (Å²) in [7, 11) is 0.